The van der Waals surface area contributed by atoms with Crippen molar-refractivity contribution in [2.45, 2.75) is 59.5 Å². The maximum Gasteiger partial charge on any atom is 0.234 e. The second-order valence-electron chi connectivity index (χ2n) is 6.76. The molecule has 1 aliphatic rings. The second kappa shape index (κ2) is 7.11. The molecule has 6 nitrogen and oxygen atoms in total. The molecular weight excluding hydrogens is 268 g/mol. The van der Waals surface area contributed by atoms with E-state index in [0.29, 0.717) is 37.4 Å². The van der Waals surface area contributed by atoms with Gasteiger partial charge in [-0.25, -0.2) is 0 Å². The van der Waals surface area contributed by atoms with Gasteiger partial charge in [0, 0.05) is 25.2 Å². The van der Waals surface area contributed by atoms with Crippen molar-refractivity contribution in [1.29, 1.82) is 0 Å². The largest absolute Gasteiger partial charge is 0.409 e. The van der Waals surface area contributed by atoms with Crippen molar-refractivity contribution in [3.63, 3.8) is 0 Å². The summed E-state index contributed by atoms with van der Waals surface area (Å²) in [5.74, 6) is 0.338. The van der Waals surface area contributed by atoms with E-state index in [0.717, 1.165) is 6.54 Å². The third kappa shape index (κ3) is 3.87. The summed E-state index contributed by atoms with van der Waals surface area (Å²) in [6.45, 7) is 12.0. The van der Waals surface area contributed by atoms with Gasteiger partial charge in [0.2, 0.25) is 5.91 Å². The van der Waals surface area contributed by atoms with E-state index in [-0.39, 0.29) is 11.7 Å². The predicted octanol–water partition coefficient (Wildman–Crippen LogP) is 1.38. The Balaban J connectivity index is 2.56. The third-order valence-corrected chi connectivity index (χ3v) is 4.41. The fraction of sp³-hybridized carbons (Fsp3) is 0.867. The number of hydrogen-bond donors (Lipinski definition) is 3. The summed E-state index contributed by atoms with van der Waals surface area (Å²) < 4.78 is 0. The highest BCUT2D eigenvalue weighted by Gasteiger charge is 2.52. The summed E-state index contributed by atoms with van der Waals surface area (Å²) >= 11 is 0. The van der Waals surface area contributed by atoms with Crippen molar-refractivity contribution >= 4 is 11.7 Å². The first-order valence-electron chi connectivity index (χ1n) is 7.76. The van der Waals surface area contributed by atoms with Gasteiger partial charge in [0.1, 0.15) is 5.41 Å². The van der Waals surface area contributed by atoms with E-state index in [1.54, 1.807) is 0 Å². The summed E-state index contributed by atoms with van der Waals surface area (Å²) in [4.78, 5) is 14.7. The topological polar surface area (TPSA) is 91.0 Å². The van der Waals surface area contributed by atoms with Crippen LogP contribution in [0.3, 0.4) is 0 Å². The Bertz CT molecular complexity index is 379. The molecule has 0 aromatic carbocycles. The van der Waals surface area contributed by atoms with Crippen LogP contribution in [-0.4, -0.2) is 47.0 Å². The summed E-state index contributed by atoms with van der Waals surface area (Å²) in [7, 11) is 0. The van der Waals surface area contributed by atoms with Crippen LogP contribution in [0.5, 0.6) is 0 Å². The highest BCUT2D eigenvalue weighted by molar-refractivity contribution is 6.07. The molecule has 1 rings (SSSR count). The van der Waals surface area contributed by atoms with Crippen molar-refractivity contribution in [3.8, 4) is 0 Å². The molecule has 1 aliphatic carbocycles. The lowest BCUT2D eigenvalue weighted by Gasteiger charge is -2.43. The van der Waals surface area contributed by atoms with Gasteiger partial charge in [-0.3, -0.25) is 9.69 Å². The number of carbonyl (C=O) groups excluding carboxylic acids is 1. The summed E-state index contributed by atoms with van der Waals surface area (Å²) in [5.41, 5.74) is 4.92. The van der Waals surface area contributed by atoms with Gasteiger partial charge < -0.3 is 16.3 Å². The minimum absolute atomic E-state index is 0.0303. The van der Waals surface area contributed by atoms with Gasteiger partial charge in [0.25, 0.3) is 0 Å². The Kier molecular flexibility index (Phi) is 6.01. The molecule has 1 fully saturated rings. The molecule has 21 heavy (non-hydrogen) atoms. The summed E-state index contributed by atoms with van der Waals surface area (Å²) in [5, 5.41) is 14.9. The Morgan fingerprint density at radius 1 is 1.38 bits per heavy atom. The standard InChI is InChI=1S/C15H30N4O2/c1-10(2)19(11(3)4)7-6-17-14(20)15(13(16)18-21)8-12(5)9-15/h10-12,21H,6-9H2,1-5H3,(H2,16,18)(H,17,20). The first-order chi connectivity index (χ1) is 9.74. The molecule has 0 aliphatic heterocycles. The number of amidine groups is 1. The van der Waals surface area contributed by atoms with Crippen LogP contribution in [0.1, 0.15) is 47.5 Å². The molecule has 0 aromatic rings. The smallest absolute Gasteiger partial charge is 0.234 e. The van der Waals surface area contributed by atoms with Crippen LogP contribution in [0.2, 0.25) is 0 Å². The van der Waals surface area contributed by atoms with Gasteiger partial charge in [-0.05, 0) is 46.5 Å². The average molecular weight is 298 g/mol. The summed E-state index contributed by atoms with van der Waals surface area (Å²) in [6, 6.07) is 0.868. The van der Waals surface area contributed by atoms with E-state index in [9.17, 15) is 4.79 Å². The zero-order chi connectivity index (χ0) is 16.2. The molecule has 0 aromatic heterocycles. The minimum atomic E-state index is -0.811. The number of oxime groups is 1. The first kappa shape index (κ1) is 17.8. The van der Waals surface area contributed by atoms with E-state index < -0.39 is 5.41 Å². The highest BCUT2D eigenvalue weighted by atomic mass is 16.4. The Morgan fingerprint density at radius 3 is 2.29 bits per heavy atom. The molecule has 1 saturated carbocycles. The van der Waals surface area contributed by atoms with Crippen molar-refractivity contribution in [3.05, 3.63) is 0 Å². The van der Waals surface area contributed by atoms with Gasteiger partial charge in [0.15, 0.2) is 5.84 Å². The lowest BCUT2D eigenvalue weighted by Crippen LogP contribution is -2.57. The van der Waals surface area contributed by atoms with Gasteiger partial charge in [-0.2, -0.15) is 0 Å². The molecule has 6 heteroatoms. The SMILES string of the molecule is CC1CC(C(=O)NCCN(C(C)C)C(C)C)(C(N)=NO)C1. The van der Waals surface area contributed by atoms with Crippen LogP contribution in [0.4, 0.5) is 0 Å². The van der Waals surface area contributed by atoms with Gasteiger partial charge in [0.05, 0.1) is 0 Å². The van der Waals surface area contributed by atoms with Crippen LogP contribution >= 0.6 is 0 Å². The van der Waals surface area contributed by atoms with Crippen LogP contribution in [-0.2, 0) is 4.79 Å². The highest BCUT2D eigenvalue weighted by Crippen LogP contribution is 2.45. The number of amides is 1. The zero-order valence-electron chi connectivity index (χ0n) is 13.9. The lowest BCUT2D eigenvalue weighted by atomic mass is 9.61. The van der Waals surface area contributed by atoms with E-state index in [2.05, 4.69) is 50.0 Å². The first-order valence-corrected chi connectivity index (χ1v) is 7.76. The maximum atomic E-state index is 12.4. The van der Waals surface area contributed by atoms with E-state index in [4.69, 9.17) is 10.9 Å². The van der Waals surface area contributed by atoms with E-state index >= 15 is 0 Å². The van der Waals surface area contributed by atoms with Crippen molar-refractivity contribution < 1.29 is 10.0 Å². The Labute approximate surface area is 127 Å². The molecule has 0 atom stereocenters. The zero-order valence-corrected chi connectivity index (χ0v) is 13.9. The maximum absolute atomic E-state index is 12.4. The van der Waals surface area contributed by atoms with Gasteiger partial charge in [-0.1, -0.05) is 12.1 Å². The van der Waals surface area contributed by atoms with Crippen LogP contribution < -0.4 is 11.1 Å². The molecule has 0 saturated heterocycles. The third-order valence-electron chi connectivity index (χ3n) is 4.41. The molecule has 0 bridgehead atoms. The van der Waals surface area contributed by atoms with E-state index in [1.165, 1.54) is 0 Å². The number of nitrogens with two attached hydrogens (primary N) is 1. The van der Waals surface area contributed by atoms with E-state index in [1.807, 2.05) is 0 Å². The van der Waals surface area contributed by atoms with Gasteiger partial charge in [-0.15, -0.1) is 0 Å². The predicted molar refractivity (Wildman–Crippen MR) is 84.2 cm³/mol. The van der Waals surface area contributed by atoms with Crippen LogP contribution in [0.15, 0.2) is 5.16 Å². The molecule has 0 unspecified atom stereocenters. The molecule has 0 heterocycles. The molecule has 122 valence electrons. The number of nitrogens with zero attached hydrogens (tertiary/aromatic N) is 2. The summed E-state index contributed by atoms with van der Waals surface area (Å²) in [6.07, 6.45) is 1.29. The number of rotatable bonds is 7. The number of nitrogens with one attached hydrogen (secondary N) is 1. The van der Waals surface area contributed by atoms with Crippen molar-refractivity contribution in [1.82, 2.24) is 10.2 Å². The van der Waals surface area contributed by atoms with Crippen LogP contribution in [0, 0.1) is 11.3 Å². The Hall–Kier alpha value is -1.30. The fourth-order valence-electron chi connectivity index (χ4n) is 3.32. The molecule has 0 radical (unpaired) electrons. The minimum Gasteiger partial charge on any atom is -0.409 e. The number of hydrogen-bond acceptors (Lipinski definition) is 4. The second-order valence-corrected chi connectivity index (χ2v) is 6.76. The Morgan fingerprint density at radius 2 is 1.90 bits per heavy atom. The van der Waals surface area contributed by atoms with Crippen molar-refractivity contribution in [2.75, 3.05) is 13.1 Å². The normalized spacial score (nSPS) is 26.3. The molecular formula is C15H30N4O2. The quantitative estimate of drug-likeness (QED) is 0.287. The fourth-order valence-corrected chi connectivity index (χ4v) is 3.32. The average Bonchev–Trinajstić information content (AvgIpc) is 2.37. The molecule has 1 amide bonds. The number of carbonyl (C=O) groups is 1. The van der Waals surface area contributed by atoms with Crippen molar-refractivity contribution in [2.24, 2.45) is 22.2 Å². The van der Waals surface area contributed by atoms with Gasteiger partial charge >= 0.3 is 0 Å². The molecule has 0 spiro atoms. The lowest BCUT2D eigenvalue weighted by molar-refractivity contribution is -0.133. The molecule has 4 N–H and O–H groups in total. The monoisotopic (exact) mass is 298 g/mol. The van der Waals surface area contributed by atoms with Crippen LogP contribution in [0.25, 0.3) is 0 Å².